The maximum absolute atomic E-state index is 13.0. The first-order valence-electron chi connectivity index (χ1n) is 11.6. The summed E-state index contributed by atoms with van der Waals surface area (Å²) in [6.07, 6.45) is 0.183. The number of thiazole rings is 1. The minimum absolute atomic E-state index is 0.0500. The third-order valence-corrected chi connectivity index (χ3v) is 7.67. The highest BCUT2D eigenvalue weighted by Crippen LogP contribution is 2.31. The number of aromatic nitrogens is 3. The number of nitrogens with zero attached hydrogens (tertiary/aromatic N) is 5. The highest BCUT2D eigenvalue weighted by atomic mass is 35.5. The van der Waals surface area contributed by atoms with Gasteiger partial charge in [-0.25, -0.2) is 9.97 Å². The molecule has 0 unspecified atom stereocenters. The van der Waals surface area contributed by atoms with Crippen molar-refractivity contribution in [3.05, 3.63) is 47.0 Å². The first-order chi connectivity index (χ1) is 16.8. The topological polar surface area (TPSA) is 83.4 Å². The lowest BCUT2D eigenvalue weighted by atomic mass is 9.98. The van der Waals surface area contributed by atoms with E-state index < -0.39 is 0 Å². The summed E-state index contributed by atoms with van der Waals surface area (Å²) in [5.41, 5.74) is 3.04. The van der Waals surface area contributed by atoms with Crippen LogP contribution in [-0.2, 0) is 11.8 Å². The van der Waals surface area contributed by atoms with E-state index in [9.17, 15) is 9.59 Å². The van der Waals surface area contributed by atoms with Crippen molar-refractivity contribution in [2.24, 2.45) is 13.0 Å². The first kappa shape index (κ1) is 23.7. The number of aryl methyl sites for hydroxylation is 1. The van der Waals surface area contributed by atoms with E-state index in [-0.39, 0.29) is 24.0 Å². The van der Waals surface area contributed by atoms with Crippen LogP contribution in [0.4, 0.5) is 11.1 Å². The highest BCUT2D eigenvalue weighted by molar-refractivity contribution is 7.22. The second-order valence-corrected chi connectivity index (χ2v) is 10.6. The molecular weight excluding hydrogens is 484 g/mol. The molecule has 3 heterocycles. The van der Waals surface area contributed by atoms with E-state index in [0.717, 1.165) is 28.8 Å². The van der Waals surface area contributed by atoms with Crippen molar-refractivity contribution >= 4 is 67.0 Å². The molecule has 5 rings (SSSR count). The summed E-state index contributed by atoms with van der Waals surface area (Å²) in [5, 5.41) is 4.67. The van der Waals surface area contributed by atoms with E-state index >= 15 is 0 Å². The Morgan fingerprint density at radius 2 is 1.83 bits per heavy atom. The van der Waals surface area contributed by atoms with Crippen LogP contribution in [0.15, 0.2) is 36.4 Å². The maximum atomic E-state index is 13.0. The van der Waals surface area contributed by atoms with Crippen LogP contribution >= 0.6 is 22.9 Å². The quantitative estimate of drug-likeness (QED) is 0.383. The lowest BCUT2D eigenvalue weighted by molar-refractivity contribution is -0.136. The van der Waals surface area contributed by atoms with E-state index in [1.54, 1.807) is 6.07 Å². The van der Waals surface area contributed by atoms with Gasteiger partial charge in [-0.3, -0.25) is 9.59 Å². The van der Waals surface area contributed by atoms with Gasteiger partial charge in [0.1, 0.15) is 0 Å². The second kappa shape index (κ2) is 9.56. The molecular formula is C25H27ClN6O2S. The van der Waals surface area contributed by atoms with Gasteiger partial charge in [0.05, 0.1) is 21.3 Å². The Morgan fingerprint density at radius 3 is 2.60 bits per heavy atom. The number of benzene rings is 2. The fourth-order valence-corrected chi connectivity index (χ4v) is 5.49. The van der Waals surface area contributed by atoms with Crippen LogP contribution < -0.4 is 5.32 Å². The molecule has 0 spiro atoms. The lowest BCUT2D eigenvalue weighted by Crippen LogP contribution is -2.48. The summed E-state index contributed by atoms with van der Waals surface area (Å²) >= 11 is 7.59. The number of halogens is 1. The molecule has 1 aliphatic rings. The zero-order chi connectivity index (χ0) is 24.7. The summed E-state index contributed by atoms with van der Waals surface area (Å²) in [4.78, 5) is 39.2. The molecule has 1 atom stereocenters. The molecule has 182 valence electrons. The Bertz CT molecular complexity index is 1420. The Hall–Kier alpha value is -3.01. The molecule has 1 amide bonds. The molecule has 8 nitrogen and oxygen atoms in total. The van der Waals surface area contributed by atoms with Crippen molar-refractivity contribution in [2.45, 2.75) is 13.3 Å². The van der Waals surface area contributed by atoms with Crippen molar-refractivity contribution in [3.8, 4) is 0 Å². The molecule has 1 fully saturated rings. The number of hydrogen-bond acceptors (Lipinski definition) is 7. The molecule has 1 N–H and O–H groups in total. The maximum Gasteiger partial charge on any atom is 0.225 e. The zero-order valence-corrected chi connectivity index (χ0v) is 21.5. The van der Waals surface area contributed by atoms with E-state index in [2.05, 4.69) is 22.2 Å². The van der Waals surface area contributed by atoms with Gasteiger partial charge < -0.3 is 19.7 Å². The summed E-state index contributed by atoms with van der Waals surface area (Å²) in [6, 6.07) is 11.1. The van der Waals surface area contributed by atoms with Crippen molar-refractivity contribution in [3.63, 3.8) is 0 Å². The third kappa shape index (κ3) is 4.89. The Labute approximate surface area is 212 Å². The van der Waals surface area contributed by atoms with Gasteiger partial charge in [-0.15, -0.1) is 0 Å². The minimum atomic E-state index is -0.352. The van der Waals surface area contributed by atoms with E-state index in [1.165, 1.54) is 11.3 Å². The van der Waals surface area contributed by atoms with Gasteiger partial charge in [0.25, 0.3) is 0 Å². The number of carbonyl (C=O) groups excluding carboxylic acids is 2. The first-order valence-corrected chi connectivity index (χ1v) is 12.8. The van der Waals surface area contributed by atoms with Gasteiger partial charge in [-0.05, 0) is 43.4 Å². The van der Waals surface area contributed by atoms with Crippen molar-refractivity contribution in [1.29, 1.82) is 0 Å². The zero-order valence-electron chi connectivity index (χ0n) is 19.9. The van der Waals surface area contributed by atoms with Crippen LogP contribution in [0, 0.1) is 5.92 Å². The van der Waals surface area contributed by atoms with Gasteiger partial charge in [0.15, 0.2) is 10.9 Å². The third-order valence-electron chi connectivity index (χ3n) is 6.50. The van der Waals surface area contributed by atoms with Crippen molar-refractivity contribution < 1.29 is 9.59 Å². The number of piperazine rings is 1. The highest BCUT2D eigenvalue weighted by Gasteiger charge is 2.26. The average molecular weight is 511 g/mol. The van der Waals surface area contributed by atoms with Crippen LogP contribution in [0.25, 0.3) is 21.3 Å². The van der Waals surface area contributed by atoms with E-state index in [1.807, 2.05) is 53.8 Å². The van der Waals surface area contributed by atoms with Gasteiger partial charge in [-0.2, -0.15) is 0 Å². The summed E-state index contributed by atoms with van der Waals surface area (Å²) in [7, 11) is 3.97. The second-order valence-electron chi connectivity index (χ2n) is 9.11. The van der Waals surface area contributed by atoms with Gasteiger partial charge >= 0.3 is 0 Å². The molecule has 10 heteroatoms. The van der Waals surface area contributed by atoms with Crippen LogP contribution in [0.5, 0.6) is 0 Å². The van der Waals surface area contributed by atoms with Crippen LogP contribution in [0.2, 0.25) is 5.02 Å². The van der Waals surface area contributed by atoms with Gasteiger partial charge in [-0.1, -0.05) is 29.9 Å². The molecule has 0 saturated carbocycles. The van der Waals surface area contributed by atoms with Gasteiger partial charge in [0, 0.05) is 56.2 Å². The number of Topliss-reactive ketones (excluding diaryl/α,β-unsaturated/α-hetero) is 1. The lowest BCUT2D eigenvalue weighted by Gasteiger charge is -2.33. The number of ketones is 1. The fraction of sp³-hybridized carbons (Fsp3) is 0.360. The molecule has 4 aromatic rings. The molecule has 2 aromatic carbocycles. The molecule has 1 aliphatic heterocycles. The number of fused-ring (bicyclic) bond motifs is 2. The standard InChI is InChI=1S/C25H27ClN6O2S/c1-15(23(34)32-10-8-30(2)9-11-32)12-21(33)16-4-7-20-19(13-16)27-24(31(20)3)29-25-28-18-6-5-17(26)14-22(18)35-25/h4-7,13-15H,8-12H2,1-3H3,(H,27,28,29)/t15-/m0/s1. The number of imidazole rings is 1. The number of hydrogen-bond donors (Lipinski definition) is 1. The van der Waals surface area contributed by atoms with Crippen molar-refractivity contribution in [1.82, 2.24) is 24.3 Å². The Kier molecular flexibility index (Phi) is 6.48. The predicted octanol–water partition coefficient (Wildman–Crippen LogP) is 4.56. The number of nitrogens with one attached hydrogen (secondary N) is 1. The predicted molar refractivity (Wildman–Crippen MR) is 141 cm³/mol. The molecule has 0 radical (unpaired) electrons. The number of likely N-dealkylation sites (N-methyl/N-ethyl adjacent to an activating group) is 1. The smallest absolute Gasteiger partial charge is 0.225 e. The van der Waals surface area contributed by atoms with Crippen LogP contribution in [-0.4, -0.2) is 69.3 Å². The average Bonchev–Trinajstić information content (AvgIpc) is 3.38. The molecule has 1 saturated heterocycles. The number of rotatable bonds is 6. The molecule has 0 bridgehead atoms. The Morgan fingerprint density at radius 1 is 1.06 bits per heavy atom. The van der Waals surface area contributed by atoms with E-state index in [4.69, 9.17) is 16.6 Å². The number of carbonyl (C=O) groups is 2. The van der Waals surface area contributed by atoms with Gasteiger partial charge in [0.2, 0.25) is 11.9 Å². The summed E-state index contributed by atoms with van der Waals surface area (Å²) < 4.78 is 2.93. The van der Waals surface area contributed by atoms with Crippen molar-refractivity contribution in [2.75, 3.05) is 38.5 Å². The SMILES string of the molecule is C[C@@H](CC(=O)c1ccc2c(c1)nc(Nc1nc3ccc(Cl)cc3s1)n2C)C(=O)N1CCN(C)CC1. The summed E-state index contributed by atoms with van der Waals surface area (Å²) in [6.45, 7) is 5.00. The number of anilines is 2. The Balaban J connectivity index is 1.30. The number of amides is 1. The van der Waals surface area contributed by atoms with Crippen LogP contribution in [0.3, 0.4) is 0 Å². The molecule has 0 aliphatic carbocycles. The molecule has 2 aromatic heterocycles. The fourth-order valence-electron chi connectivity index (χ4n) is 4.35. The largest absolute Gasteiger partial charge is 0.340 e. The summed E-state index contributed by atoms with van der Waals surface area (Å²) in [5.74, 6) is 0.280. The molecule has 35 heavy (non-hydrogen) atoms. The minimum Gasteiger partial charge on any atom is -0.340 e. The van der Waals surface area contributed by atoms with Crippen LogP contribution in [0.1, 0.15) is 23.7 Å². The van der Waals surface area contributed by atoms with E-state index in [0.29, 0.717) is 40.3 Å². The normalized spacial score (nSPS) is 15.6. The monoisotopic (exact) mass is 510 g/mol.